The highest BCUT2D eigenvalue weighted by Crippen LogP contribution is 2.21. The van der Waals surface area contributed by atoms with Crippen LogP contribution in [0.5, 0.6) is 0 Å². The van der Waals surface area contributed by atoms with Gasteiger partial charge in [-0.2, -0.15) is 8.78 Å². The van der Waals surface area contributed by atoms with E-state index in [-0.39, 0.29) is 5.56 Å². The van der Waals surface area contributed by atoms with Gasteiger partial charge in [0, 0.05) is 10.5 Å². The molecule has 0 aliphatic carbocycles. The van der Waals surface area contributed by atoms with Crippen molar-refractivity contribution in [2.45, 2.75) is 17.2 Å². The van der Waals surface area contributed by atoms with Gasteiger partial charge in [0.05, 0.1) is 6.54 Å². The number of rotatable bonds is 4. The Morgan fingerprint density at radius 1 is 1.41 bits per heavy atom. The molecule has 0 aliphatic rings. The first-order valence-corrected chi connectivity index (χ1v) is 5.01. The number of amides is 1. The zero-order valence-corrected chi connectivity index (χ0v) is 9.36. The van der Waals surface area contributed by atoms with Crippen molar-refractivity contribution in [3.8, 4) is 0 Å². The number of hydrogen-bond donors (Lipinski definition) is 2. The molecule has 1 aromatic carbocycles. The van der Waals surface area contributed by atoms with E-state index < -0.39 is 24.8 Å². The summed E-state index contributed by atoms with van der Waals surface area (Å²) in [5.74, 6) is -5.07. The van der Waals surface area contributed by atoms with E-state index in [1.807, 2.05) is 0 Å². The molecule has 0 fully saturated rings. The van der Waals surface area contributed by atoms with Crippen LogP contribution >= 0.6 is 12.6 Å². The molecule has 1 N–H and O–H groups in total. The second-order valence-electron chi connectivity index (χ2n) is 3.29. The molecule has 0 radical (unpaired) electrons. The molecule has 0 unspecified atom stereocenters. The van der Waals surface area contributed by atoms with Crippen molar-refractivity contribution < 1.29 is 22.4 Å². The number of benzene rings is 1. The molecule has 0 atom stereocenters. The maximum absolute atomic E-state index is 12.5. The molecule has 7 heteroatoms. The van der Waals surface area contributed by atoms with E-state index in [4.69, 9.17) is 0 Å². The molecule has 0 saturated heterocycles. The highest BCUT2D eigenvalue weighted by atomic mass is 32.1. The molecule has 17 heavy (non-hydrogen) atoms. The van der Waals surface area contributed by atoms with Crippen LogP contribution in [0.1, 0.15) is 10.4 Å². The lowest BCUT2D eigenvalue weighted by Gasteiger charge is -2.15. The monoisotopic (exact) mass is 267 g/mol. The molecule has 0 bridgehead atoms. The minimum Gasteiger partial charge on any atom is -0.346 e. The predicted octanol–water partition coefficient (Wildman–Crippen LogP) is 2.61. The van der Waals surface area contributed by atoms with Crippen molar-refractivity contribution in [1.29, 1.82) is 0 Å². The van der Waals surface area contributed by atoms with E-state index in [1.54, 1.807) is 11.4 Å². The lowest BCUT2D eigenvalue weighted by Crippen LogP contribution is -2.41. The first-order valence-electron chi connectivity index (χ1n) is 4.56. The Morgan fingerprint density at radius 3 is 2.59 bits per heavy atom. The molecule has 0 aromatic heterocycles. The number of carbonyl (C=O) groups excluding carboxylic acids is 1. The quantitative estimate of drug-likeness (QED) is 0.637. The van der Waals surface area contributed by atoms with Gasteiger partial charge >= 0.3 is 12.3 Å². The van der Waals surface area contributed by atoms with Gasteiger partial charge in [0.25, 0.3) is 5.91 Å². The Balaban J connectivity index is 2.62. The number of hydrogen-bond acceptors (Lipinski definition) is 2. The maximum atomic E-state index is 12.5. The molecule has 0 heterocycles. The molecule has 94 valence electrons. The van der Waals surface area contributed by atoms with Crippen LogP contribution in [-0.2, 0) is 0 Å². The largest absolute Gasteiger partial charge is 0.346 e. The van der Waals surface area contributed by atoms with E-state index in [0.29, 0.717) is 4.90 Å². The number of halogens is 4. The van der Waals surface area contributed by atoms with Gasteiger partial charge in [-0.25, -0.2) is 8.78 Å². The zero-order chi connectivity index (χ0) is 13.1. The standard InChI is InChI=1S/C10H9F4NOS/c11-9(12)10(13,14)5-15-8(16)6-2-1-3-7(17)4-6/h1-4,9,17H,5H2,(H,15,16). The number of carbonyl (C=O) groups is 1. The molecule has 1 amide bonds. The van der Waals surface area contributed by atoms with Crippen LogP contribution in [-0.4, -0.2) is 24.8 Å². The number of thiol groups is 1. The van der Waals surface area contributed by atoms with Crippen molar-refractivity contribution in [3.05, 3.63) is 29.8 Å². The first-order chi connectivity index (χ1) is 7.83. The highest BCUT2D eigenvalue weighted by Gasteiger charge is 2.40. The van der Waals surface area contributed by atoms with E-state index in [0.717, 1.165) is 0 Å². The Hall–Kier alpha value is -1.24. The van der Waals surface area contributed by atoms with Crippen LogP contribution in [0.25, 0.3) is 0 Å². The van der Waals surface area contributed by atoms with Gasteiger partial charge in [-0.1, -0.05) is 6.07 Å². The normalized spacial score (nSPS) is 11.6. The topological polar surface area (TPSA) is 29.1 Å². The minimum absolute atomic E-state index is 0.0857. The van der Waals surface area contributed by atoms with Gasteiger partial charge in [-0.3, -0.25) is 4.79 Å². The molecule has 0 spiro atoms. The van der Waals surface area contributed by atoms with Gasteiger partial charge in [0.15, 0.2) is 0 Å². The summed E-state index contributed by atoms with van der Waals surface area (Å²) in [4.78, 5) is 11.8. The van der Waals surface area contributed by atoms with Crippen molar-refractivity contribution >= 4 is 18.5 Å². The van der Waals surface area contributed by atoms with E-state index in [2.05, 4.69) is 12.6 Å². The Kier molecular flexibility index (Phi) is 4.39. The number of alkyl halides is 4. The summed E-state index contributed by atoms with van der Waals surface area (Å²) in [7, 11) is 0. The fourth-order valence-corrected chi connectivity index (χ4v) is 1.25. The van der Waals surface area contributed by atoms with Crippen molar-refractivity contribution in [1.82, 2.24) is 5.32 Å². The summed E-state index contributed by atoms with van der Waals surface area (Å²) >= 11 is 3.96. The van der Waals surface area contributed by atoms with Crippen molar-refractivity contribution in [3.63, 3.8) is 0 Å². The lowest BCUT2D eigenvalue weighted by atomic mass is 10.2. The van der Waals surface area contributed by atoms with Gasteiger partial charge < -0.3 is 5.32 Å². The lowest BCUT2D eigenvalue weighted by molar-refractivity contribution is -0.123. The molecule has 1 aromatic rings. The van der Waals surface area contributed by atoms with Crippen LogP contribution in [0.3, 0.4) is 0 Å². The van der Waals surface area contributed by atoms with E-state index >= 15 is 0 Å². The molecule has 0 aliphatic heterocycles. The molecule has 0 saturated carbocycles. The third kappa shape index (κ3) is 3.92. The van der Waals surface area contributed by atoms with E-state index in [9.17, 15) is 22.4 Å². The summed E-state index contributed by atoms with van der Waals surface area (Å²) in [6.07, 6.45) is -3.81. The smallest absolute Gasteiger partial charge is 0.324 e. The Bertz CT molecular complexity index is 411. The molecule has 1 rings (SSSR count). The van der Waals surface area contributed by atoms with Crippen molar-refractivity contribution in [2.24, 2.45) is 0 Å². The highest BCUT2D eigenvalue weighted by molar-refractivity contribution is 7.80. The van der Waals surface area contributed by atoms with Crippen LogP contribution in [0.2, 0.25) is 0 Å². The maximum Gasteiger partial charge on any atom is 0.324 e. The first kappa shape index (κ1) is 13.8. The average Bonchev–Trinajstić information content (AvgIpc) is 2.25. The predicted molar refractivity (Wildman–Crippen MR) is 57.0 cm³/mol. The third-order valence-electron chi connectivity index (χ3n) is 1.91. The summed E-state index contributed by atoms with van der Waals surface area (Å²) in [6.45, 7) is -1.40. The van der Waals surface area contributed by atoms with Gasteiger partial charge in [-0.15, -0.1) is 12.6 Å². The second kappa shape index (κ2) is 5.39. The summed E-state index contributed by atoms with van der Waals surface area (Å²) in [6, 6.07) is 5.81. The molecular formula is C10H9F4NOS. The number of nitrogens with one attached hydrogen (secondary N) is 1. The summed E-state index contributed by atoms with van der Waals surface area (Å²) in [5, 5.41) is 1.74. The van der Waals surface area contributed by atoms with E-state index in [1.165, 1.54) is 18.2 Å². The second-order valence-corrected chi connectivity index (χ2v) is 3.81. The fraction of sp³-hybridized carbons (Fsp3) is 0.300. The Labute approximate surface area is 100 Å². The van der Waals surface area contributed by atoms with Crippen LogP contribution < -0.4 is 5.32 Å². The Morgan fingerprint density at radius 2 is 2.06 bits per heavy atom. The third-order valence-corrected chi connectivity index (χ3v) is 2.19. The summed E-state index contributed by atoms with van der Waals surface area (Å²) in [5.41, 5.74) is 0.0857. The van der Waals surface area contributed by atoms with Crippen LogP contribution in [0.15, 0.2) is 29.2 Å². The van der Waals surface area contributed by atoms with Gasteiger partial charge in [0.2, 0.25) is 0 Å². The zero-order valence-electron chi connectivity index (χ0n) is 8.46. The summed E-state index contributed by atoms with van der Waals surface area (Å²) < 4.78 is 48.7. The van der Waals surface area contributed by atoms with Gasteiger partial charge in [0.1, 0.15) is 0 Å². The fourth-order valence-electron chi connectivity index (χ4n) is 1.02. The average molecular weight is 267 g/mol. The van der Waals surface area contributed by atoms with Crippen LogP contribution in [0.4, 0.5) is 17.6 Å². The molecular weight excluding hydrogens is 258 g/mol. The SMILES string of the molecule is O=C(NCC(F)(F)C(F)F)c1cccc(S)c1. The van der Waals surface area contributed by atoms with Crippen LogP contribution in [0, 0.1) is 0 Å². The van der Waals surface area contributed by atoms with Crippen molar-refractivity contribution in [2.75, 3.05) is 6.54 Å². The minimum atomic E-state index is -4.23. The van der Waals surface area contributed by atoms with Gasteiger partial charge in [-0.05, 0) is 18.2 Å². The molecule has 2 nitrogen and oxygen atoms in total.